The van der Waals surface area contributed by atoms with E-state index in [9.17, 15) is 4.79 Å². The summed E-state index contributed by atoms with van der Waals surface area (Å²) in [5.74, 6) is 0.596. The number of aromatic amines is 1. The third-order valence-corrected chi connectivity index (χ3v) is 2.14. The van der Waals surface area contributed by atoms with Crippen molar-refractivity contribution in [3.63, 3.8) is 0 Å². The molecule has 2 aromatic rings. The standard InChI is InChI=1S/C10H13N5O2/c11-6-1-2-7-8(5-6)15-10(14-7)13-3-4-17-9(12)16/h1-2,5H,3-4,11H2,(H2,12,16)(H2,13,14,15). The van der Waals surface area contributed by atoms with Crippen molar-refractivity contribution in [2.75, 3.05) is 24.2 Å². The topological polar surface area (TPSA) is 119 Å². The fraction of sp³-hybridized carbons (Fsp3) is 0.200. The van der Waals surface area contributed by atoms with Gasteiger partial charge in [-0.05, 0) is 18.2 Å². The molecule has 2 rings (SSSR count). The van der Waals surface area contributed by atoms with E-state index in [1.54, 1.807) is 12.1 Å². The Morgan fingerprint density at radius 1 is 1.53 bits per heavy atom. The van der Waals surface area contributed by atoms with Crippen LogP contribution in [-0.4, -0.2) is 29.2 Å². The number of primary amides is 1. The van der Waals surface area contributed by atoms with E-state index < -0.39 is 6.09 Å². The molecule has 0 radical (unpaired) electrons. The quantitative estimate of drug-likeness (QED) is 0.458. The van der Waals surface area contributed by atoms with E-state index in [0.717, 1.165) is 11.0 Å². The number of H-pyrrole nitrogens is 1. The normalized spacial score (nSPS) is 10.4. The molecular weight excluding hydrogens is 222 g/mol. The van der Waals surface area contributed by atoms with Crippen LogP contribution in [-0.2, 0) is 4.74 Å². The van der Waals surface area contributed by atoms with Crippen molar-refractivity contribution in [2.24, 2.45) is 5.73 Å². The molecule has 1 aromatic carbocycles. The number of nitrogens with zero attached hydrogens (tertiary/aromatic N) is 1. The van der Waals surface area contributed by atoms with Crippen molar-refractivity contribution >= 4 is 28.8 Å². The summed E-state index contributed by atoms with van der Waals surface area (Å²) in [4.78, 5) is 17.7. The average Bonchev–Trinajstić information content (AvgIpc) is 2.66. The zero-order valence-electron chi connectivity index (χ0n) is 9.06. The van der Waals surface area contributed by atoms with E-state index in [4.69, 9.17) is 11.5 Å². The number of nitrogens with one attached hydrogen (secondary N) is 2. The lowest BCUT2D eigenvalue weighted by Crippen LogP contribution is -2.18. The van der Waals surface area contributed by atoms with Crippen LogP contribution in [0.1, 0.15) is 0 Å². The van der Waals surface area contributed by atoms with Crippen LogP contribution >= 0.6 is 0 Å². The molecule has 0 saturated carbocycles. The van der Waals surface area contributed by atoms with Crippen molar-refractivity contribution in [3.05, 3.63) is 18.2 Å². The van der Waals surface area contributed by atoms with Gasteiger partial charge in [0, 0.05) is 5.69 Å². The maximum absolute atomic E-state index is 10.3. The second kappa shape index (κ2) is 4.60. The van der Waals surface area contributed by atoms with E-state index in [0.29, 0.717) is 18.2 Å². The molecule has 6 N–H and O–H groups in total. The lowest BCUT2D eigenvalue weighted by molar-refractivity contribution is 0.161. The van der Waals surface area contributed by atoms with Crippen LogP contribution in [0.3, 0.4) is 0 Å². The van der Waals surface area contributed by atoms with Crippen LogP contribution in [0.2, 0.25) is 0 Å². The number of ether oxygens (including phenoxy) is 1. The Morgan fingerprint density at radius 2 is 2.35 bits per heavy atom. The third-order valence-electron chi connectivity index (χ3n) is 2.14. The molecule has 0 aliphatic rings. The number of carbonyl (C=O) groups excluding carboxylic acids is 1. The molecule has 1 amide bonds. The number of hydrogen-bond donors (Lipinski definition) is 4. The second-order valence-corrected chi connectivity index (χ2v) is 3.46. The largest absolute Gasteiger partial charge is 0.448 e. The lowest BCUT2D eigenvalue weighted by atomic mass is 10.3. The number of hydrogen-bond acceptors (Lipinski definition) is 5. The van der Waals surface area contributed by atoms with Gasteiger partial charge in [-0.15, -0.1) is 0 Å². The highest BCUT2D eigenvalue weighted by atomic mass is 16.5. The van der Waals surface area contributed by atoms with Crippen LogP contribution in [0, 0.1) is 0 Å². The number of imidazole rings is 1. The minimum absolute atomic E-state index is 0.189. The summed E-state index contributed by atoms with van der Waals surface area (Å²) >= 11 is 0. The number of carbonyl (C=O) groups is 1. The first-order valence-electron chi connectivity index (χ1n) is 5.06. The number of rotatable bonds is 4. The van der Waals surface area contributed by atoms with Gasteiger partial charge >= 0.3 is 6.09 Å². The predicted octanol–water partition coefficient (Wildman–Crippen LogP) is 0.652. The van der Waals surface area contributed by atoms with E-state index in [-0.39, 0.29) is 6.61 Å². The summed E-state index contributed by atoms with van der Waals surface area (Å²) in [6.45, 7) is 0.618. The molecule has 0 atom stereocenters. The van der Waals surface area contributed by atoms with Crippen molar-refractivity contribution < 1.29 is 9.53 Å². The van der Waals surface area contributed by atoms with Crippen LogP contribution in [0.5, 0.6) is 0 Å². The molecule has 1 aromatic heterocycles. The highest BCUT2D eigenvalue weighted by Crippen LogP contribution is 2.16. The highest BCUT2D eigenvalue weighted by molar-refractivity contribution is 5.80. The smallest absolute Gasteiger partial charge is 0.404 e. The average molecular weight is 235 g/mol. The number of nitrogen functional groups attached to an aromatic ring is 1. The minimum atomic E-state index is -0.788. The third kappa shape index (κ3) is 2.77. The van der Waals surface area contributed by atoms with Crippen LogP contribution in [0.25, 0.3) is 11.0 Å². The number of aromatic nitrogens is 2. The number of nitrogens with two attached hydrogens (primary N) is 2. The summed E-state index contributed by atoms with van der Waals surface area (Å²) in [7, 11) is 0. The van der Waals surface area contributed by atoms with E-state index in [2.05, 4.69) is 20.0 Å². The van der Waals surface area contributed by atoms with Crippen molar-refractivity contribution in [1.29, 1.82) is 0 Å². The van der Waals surface area contributed by atoms with Gasteiger partial charge in [-0.25, -0.2) is 9.78 Å². The maximum atomic E-state index is 10.3. The molecule has 0 bridgehead atoms. The SMILES string of the molecule is NC(=O)OCCNc1nc2ccc(N)cc2[nH]1. The van der Waals surface area contributed by atoms with Crippen molar-refractivity contribution in [1.82, 2.24) is 9.97 Å². The molecule has 0 saturated heterocycles. The van der Waals surface area contributed by atoms with Crippen molar-refractivity contribution in [3.8, 4) is 0 Å². The first-order valence-corrected chi connectivity index (χ1v) is 5.06. The molecule has 7 heteroatoms. The lowest BCUT2D eigenvalue weighted by Gasteiger charge is -2.02. The fourth-order valence-electron chi connectivity index (χ4n) is 1.43. The number of fused-ring (bicyclic) bond motifs is 1. The minimum Gasteiger partial charge on any atom is -0.448 e. The Morgan fingerprint density at radius 3 is 3.12 bits per heavy atom. The van der Waals surface area contributed by atoms with Crippen LogP contribution < -0.4 is 16.8 Å². The van der Waals surface area contributed by atoms with Gasteiger partial charge in [0.25, 0.3) is 0 Å². The Balaban J connectivity index is 1.97. The number of amides is 1. The van der Waals surface area contributed by atoms with Gasteiger partial charge in [0.15, 0.2) is 0 Å². The summed E-state index contributed by atoms with van der Waals surface area (Å²) < 4.78 is 4.57. The van der Waals surface area contributed by atoms with Gasteiger partial charge in [0.05, 0.1) is 17.6 Å². The molecule has 90 valence electrons. The van der Waals surface area contributed by atoms with Crippen LogP contribution in [0.15, 0.2) is 18.2 Å². The highest BCUT2D eigenvalue weighted by Gasteiger charge is 2.02. The molecule has 0 aliphatic heterocycles. The van der Waals surface area contributed by atoms with Gasteiger partial charge in [0.1, 0.15) is 6.61 Å². The zero-order valence-corrected chi connectivity index (χ0v) is 9.06. The molecule has 0 unspecified atom stereocenters. The second-order valence-electron chi connectivity index (χ2n) is 3.46. The number of anilines is 2. The maximum Gasteiger partial charge on any atom is 0.404 e. The molecule has 17 heavy (non-hydrogen) atoms. The molecule has 0 spiro atoms. The fourth-order valence-corrected chi connectivity index (χ4v) is 1.43. The van der Waals surface area contributed by atoms with Crippen LogP contribution in [0.4, 0.5) is 16.4 Å². The first-order chi connectivity index (χ1) is 8.15. The van der Waals surface area contributed by atoms with Gasteiger partial charge in [-0.2, -0.15) is 0 Å². The van der Waals surface area contributed by atoms with Gasteiger partial charge < -0.3 is 26.5 Å². The number of benzene rings is 1. The van der Waals surface area contributed by atoms with Gasteiger partial charge in [-0.1, -0.05) is 0 Å². The first kappa shape index (κ1) is 11.1. The summed E-state index contributed by atoms with van der Waals surface area (Å²) in [5.41, 5.74) is 12.8. The van der Waals surface area contributed by atoms with Gasteiger partial charge in [0.2, 0.25) is 5.95 Å². The summed E-state index contributed by atoms with van der Waals surface area (Å²) in [6.07, 6.45) is -0.788. The molecule has 7 nitrogen and oxygen atoms in total. The predicted molar refractivity (Wildman–Crippen MR) is 64.5 cm³/mol. The van der Waals surface area contributed by atoms with E-state index >= 15 is 0 Å². The van der Waals surface area contributed by atoms with Crippen molar-refractivity contribution in [2.45, 2.75) is 0 Å². The molecule has 1 heterocycles. The summed E-state index contributed by atoms with van der Waals surface area (Å²) in [5, 5.41) is 2.97. The Kier molecular flexibility index (Phi) is 2.99. The Bertz CT molecular complexity index is 536. The van der Waals surface area contributed by atoms with Gasteiger partial charge in [-0.3, -0.25) is 0 Å². The Labute approximate surface area is 97.1 Å². The van der Waals surface area contributed by atoms with E-state index in [1.807, 2.05) is 6.07 Å². The Hall–Kier alpha value is -2.44. The summed E-state index contributed by atoms with van der Waals surface area (Å²) in [6, 6.07) is 5.41. The van der Waals surface area contributed by atoms with E-state index in [1.165, 1.54) is 0 Å². The molecule has 0 fully saturated rings. The molecule has 0 aliphatic carbocycles. The zero-order chi connectivity index (χ0) is 12.3. The monoisotopic (exact) mass is 235 g/mol. The molecular formula is C10H13N5O2.